The summed E-state index contributed by atoms with van der Waals surface area (Å²) in [5.41, 5.74) is 11.8. The van der Waals surface area contributed by atoms with Gasteiger partial charge in [0, 0.05) is 15.4 Å². The normalized spacial score (nSPS) is 12.5. The number of amides is 1. The Bertz CT molecular complexity index is 1210. The Hall–Kier alpha value is -2.57. The second-order valence-corrected chi connectivity index (χ2v) is 12.2. The number of aryl methyl sites for hydroxylation is 1. The molecule has 2 aromatic carbocycles. The third-order valence-corrected chi connectivity index (χ3v) is 9.15. The molecule has 3 N–H and O–H groups in total. The number of unbranched alkanes of at least 4 members (excludes halogenated alkanes) is 2. The minimum absolute atomic E-state index is 0.0226. The van der Waals surface area contributed by atoms with E-state index in [2.05, 4.69) is 84.1 Å². The van der Waals surface area contributed by atoms with Gasteiger partial charge in [0.25, 0.3) is 0 Å². The summed E-state index contributed by atoms with van der Waals surface area (Å²) in [5, 5.41) is 4.95. The Morgan fingerprint density at radius 3 is 2.31 bits per heavy atom. The minimum atomic E-state index is -0.0226. The van der Waals surface area contributed by atoms with Crippen molar-refractivity contribution >= 4 is 34.3 Å². The molecule has 0 saturated heterocycles. The predicted molar refractivity (Wildman–Crippen MR) is 188 cm³/mol. The van der Waals surface area contributed by atoms with Crippen molar-refractivity contribution in [3.63, 3.8) is 0 Å². The topological polar surface area (TPSA) is 64.4 Å². The molecule has 0 heterocycles. The van der Waals surface area contributed by atoms with Crippen LogP contribution in [0.4, 0.5) is 0 Å². The first-order chi connectivity index (χ1) is 20.2. The van der Waals surface area contributed by atoms with Crippen molar-refractivity contribution in [1.29, 1.82) is 0 Å². The first-order valence-electron chi connectivity index (χ1n) is 15.6. The lowest BCUT2D eigenvalue weighted by atomic mass is 10.1. The number of carbonyl (C=O) groups excluding carboxylic acids is 1. The number of benzene rings is 2. The number of nitrogens with one attached hydrogen (secondary N) is 1. The van der Waals surface area contributed by atoms with Crippen LogP contribution in [-0.2, 0) is 11.2 Å². The summed E-state index contributed by atoms with van der Waals surface area (Å²) in [6.45, 7) is 19.6. The molecule has 4 nitrogen and oxygen atoms in total. The van der Waals surface area contributed by atoms with Crippen molar-refractivity contribution in [3.05, 3.63) is 86.4 Å². The zero-order valence-electron chi connectivity index (χ0n) is 27.5. The zero-order chi connectivity index (χ0) is 31.5. The highest BCUT2D eigenvalue weighted by Crippen LogP contribution is 2.41. The quantitative estimate of drug-likeness (QED) is 0.146. The van der Waals surface area contributed by atoms with E-state index in [1.165, 1.54) is 5.57 Å². The van der Waals surface area contributed by atoms with Crippen molar-refractivity contribution in [2.45, 2.75) is 112 Å². The molecule has 42 heavy (non-hydrogen) atoms. The van der Waals surface area contributed by atoms with Crippen LogP contribution < -0.4 is 15.8 Å². The van der Waals surface area contributed by atoms with Crippen LogP contribution in [0.25, 0.3) is 4.91 Å². The second-order valence-electron chi connectivity index (χ2n) is 10.0. The number of para-hydroxylation sites is 1. The fourth-order valence-electron chi connectivity index (χ4n) is 3.80. The number of rotatable bonds is 16. The lowest BCUT2D eigenvalue weighted by Crippen LogP contribution is -2.24. The summed E-state index contributed by atoms with van der Waals surface area (Å²) in [4.78, 5) is 15.6. The lowest BCUT2D eigenvalue weighted by molar-refractivity contribution is -0.119. The van der Waals surface area contributed by atoms with Gasteiger partial charge in [-0.2, -0.15) is 0 Å². The van der Waals surface area contributed by atoms with Gasteiger partial charge >= 0.3 is 0 Å². The summed E-state index contributed by atoms with van der Waals surface area (Å²) in [6, 6.07) is 14.4. The molecule has 0 fully saturated rings. The van der Waals surface area contributed by atoms with Crippen LogP contribution in [-0.4, -0.2) is 12.5 Å². The van der Waals surface area contributed by atoms with E-state index in [1.807, 2.05) is 32.0 Å². The standard InChI is InChI=1S/C34H48N2O2S2.C2H6/c1-8-12-18-31(35)39-30-22-27(20-19-26(30)7)23-32(37)36-34(25(6)11-4)40-33(24(5)10-3)28-16-14-15-17-29(28)38-21-13-9-2;1-2/h14-20,22H,8-13,21,23,35H2,1-7H3,(H,36,37);1-2H3/b31-18+,33-24?,34-25?;. The maximum absolute atomic E-state index is 13.4. The van der Waals surface area contributed by atoms with Gasteiger partial charge in [-0.05, 0) is 75.3 Å². The fourth-order valence-corrected chi connectivity index (χ4v) is 5.98. The van der Waals surface area contributed by atoms with Crippen molar-refractivity contribution in [3.8, 4) is 5.75 Å². The van der Waals surface area contributed by atoms with Gasteiger partial charge in [0.15, 0.2) is 0 Å². The molecular formula is C36H54N2O2S2. The van der Waals surface area contributed by atoms with E-state index in [4.69, 9.17) is 10.5 Å². The van der Waals surface area contributed by atoms with Gasteiger partial charge < -0.3 is 15.8 Å². The van der Waals surface area contributed by atoms with Gasteiger partial charge in [0.05, 0.1) is 23.1 Å². The molecule has 1 amide bonds. The van der Waals surface area contributed by atoms with E-state index in [0.29, 0.717) is 13.0 Å². The summed E-state index contributed by atoms with van der Waals surface area (Å²) in [6.07, 6.45) is 8.28. The zero-order valence-corrected chi connectivity index (χ0v) is 29.1. The minimum Gasteiger partial charge on any atom is -0.493 e. The van der Waals surface area contributed by atoms with Crippen LogP contribution >= 0.6 is 23.5 Å². The van der Waals surface area contributed by atoms with Crippen molar-refractivity contribution < 1.29 is 9.53 Å². The highest BCUT2D eigenvalue weighted by molar-refractivity contribution is 8.11. The SMILES string of the molecule is CC.CCC/C=C(\N)Sc1cc(CC(=O)NC(SC(=C(C)CC)c2ccccc2OCCCC)=C(C)CC)ccc1C. The molecule has 2 rings (SSSR count). The first kappa shape index (κ1) is 37.5. The molecule has 6 heteroatoms. The monoisotopic (exact) mass is 610 g/mol. The lowest BCUT2D eigenvalue weighted by Gasteiger charge is -2.20. The van der Waals surface area contributed by atoms with Crippen molar-refractivity contribution in [2.24, 2.45) is 5.73 Å². The molecule has 0 aliphatic carbocycles. The summed E-state index contributed by atoms with van der Waals surface area (Å²) < 4.78 is 6.19. The number of hydrogen-bond acceptors (Lipinski definition) is 5. The molecule has 0 saturated carbocycles. The van der Waals surface area contributed by atoms with Crippen LogP contribution in [0.5, 0.6) is 5.75 Å². The number of thioether (sulfide) groups is 2. The van der Waals surface area contributed by atoms with Crippen molar-refractivity contribution in [2.75, 3.05) is 6.61 Å². The van der Waals surface area contributed by atoms with Crippen LogP contribution in [0.2, 0.25) is 0 Å². The van der Waals surface area contributed by atoms with E-state index in [-0.39, 0.29) is 5.91 Å². The van der Waals surface area contributed by atoms with Gasteiger partial charge in [0.2, 0.25) is 5.91 Å². The maximum Gasteiger partial charge on any atom is 0.229 e. The Kier molecular flexibility index (Phi) is 18.9. The van der Waals surface area contributed by atoms with E-state index in [1.54, 1.807) is 23.5 Å². The van der Waals surface area contributed by atoms with E-state index >= 15 is 0 Å². The fraction of sp³-hybridized carbons (Fsp3) is 0.472. The van der Waals surface area contributed by atoms with Crippen LogP contribution in [0.15, 0.2) is 74.6 Å². The third-order valence-electron chi connectivity index (χ3n) is 6.66. The van der Waals surface area contributed by atoms with E-state index in [9.17, 15) is 4.79 Å². The third kappa shape index (κ3) is 12.7. The molecule has 0 unspecified atom stereocenters. The van der Waals surface area contributed by atoms with Gasteiger partial charge in [-0.3, -0.25) is 4.79 Å². The molecule has 2 aromatic rings. The van der Waals surface area contributed by atoms with Gasteiger partial charge in [-0.15, -0.1) is 0 Å². The molecule has 0 aliphatic rings. The summed E-state index contributed by atoms with van der Waals surface area (Å²) in [5.74, 6) is 0.869. The summed E-state index contributed by atoms with van der Waals surface area (Å²) >= 11 is 3.21. The molecule has 0 aliphatic heterocycles. The first-order valence-corrected chi connectivity index (χ1v) is 17.2. The summed E-state index contributed by atoms with van der Waals surface area (Å²) in [7, 11) is 0. The molecule has 0 atom stereocenters. The largest absolute Gasteiger partial charge is 0.493 e. The predicted octanol–water partition coefficient (Wildman–Crippen LogP) is 10.8. The van der Waals surface area contributed by atoms with Gasteiger partial charge in [-0.1, -0.05) is 120 Å². The van der Waals surface area contributed by atoms with Crippen molar-refractivity contribution in [1.82, 2.24) is 5.32 Å². The van der Waals surface area contributed by atoms with Gasteiger partial charge in [-0.25, -0.2) is 0 Å². The number of hydrogen-bond donors (Lipinski definition) is 2. The Labute approximate surface area is 265 Å². The average molecular weight is 611 g/mol. The highest BCUT2D eigenvalue weighted by Gasteiger charge is 2.18. The molecule has 0 radical (unpaired) electrons. The number of ether oxygens (including phenoxy) is 1. The Balaban J connectivity index is 0.00000431. The maximum atomic E-state index is 13.4. The average Bonchev–Trinajstić information content (AvgIpc) is 3.00. The number of allylic oxidation sites excluding steroid dienone is 3. The van der Waals surface area contributed by atoms with Crippen LogP contribution in [0.1, 0.15) is 111 Å². The molecule has 0 bridgehead atoms. The smallest absolute Gasteiger partial charge is 0.229 e. The Morgan fingerprint density at radius 2 is 1.67 bits per heavy atom. The van der Waals surface area contributed by atoms with Crippen LogP contribution in [0, 0.1) is 6.92 Å². The Morgan fingerprint density at radius 1 is 0.976 bits per heavy atom. The number of carbonyl (C=O) groups is 1. The second kappa shape index (κ2) is 21.2. The van der Waals surface area contributed by atoms with E-state index in [0.717, 1.165) is 86.4 Å². The van der Waals surface area contributed by atoms with E-state index < -0.39 is 0 Å². The molecule has 232 valence electrons. The molecule has 0 spiro atoms. The number of nitrogens with two attached hydrogens (primary N) is 1. The molecule has 0 aromatic heterocycles. The van der Waals surface area contributed by atoms with Crippen LogP contribution in [0.3, 0.4) is 0 Å². The molecular weight excluding hydrogens is 557 g/mol. The highest BCUT2D eigenvalue weighted by atomic mass is 32.2. The van der Waals surface area contributed by atoms with Gasteiger partial charge in [0.1, 0.15) is 5.75 Å².